The third-order valence-electron chi connectivity index (χ3n) is 4.30. The number of anilines is 2. The van der Waals surface area contributed by atoms with E-state index in [1.165, 1.54) is 19.3 Å². The lowest BCUT2D eigenvalue weighted by atomic mass is 10.1. The molecule has 6 heteroatoms. The van der Waals surface area contributed by atoms with Crippen LogP contribution in [0.2, 0.25) is 0 Å². The number of thioether (sulfide) groups is 1. The minimum atomic E-state index is -0.196. The number of rotatable bonds is 5. The third kappa shape index (κ3) is 4.89. The Bertz CT molecular complexity index is 716. The van der Waals surface area contributed by atoms with Crippen LogP contribution in [-0.4, -0.2) is 30.4 Å². The fourth-order valence-corrected chi connectivity index (χ4v) is 3.52. The molecule has 1 aliphatic heterocycles. The Hall–Kier alpha value is -2.21. The lowest BCUT2D eigenvalue weighted by Gasteiger charge is -2.27. The highest BCUT2D eigenvalue weighted by molar-refractivity contribution is 7.98. The zero-order valence-corrected chi connectivity index (χ0v) is 15.3. The summed E-state index contributed by atoms with van der Waals surface area (Å²) in [7, 11) is 0. The minimum absolute atomic E-state index is 0.196. The van der Waals surface area contributed by atoms with Crippen LogP contribution in [0.5, 0.6) is 0 Å². The summed E-state index contributed by atoms with van der Waals surface area (Å²) in [6.07, 6.45) is 7.57. The number of nitrogens with zero attached hydrogens (tertiary/aromatic N) is 2. The number of pyridine rings is 1. The summed E-state index contributed by atoms with van der Waals surface area (Å²) >= 11 is 1.61. The van der Waals surface area contributed by atoms with Crippen molar-refractivity contribution in [1.29, 1.82) is 0 Å². The van der Waals surface area contributed by atoms with Crippen LogP contribution in [0.25, 0.3) is 0 Å². The van der Waals surface area contributed by atoms with E-state index in [4.69, 9.17) is 0 Å². The maximum Gasteiger partial charge on any atom is 0.319 e. The Balaban J connectivity index is 1.57. The van der Waals surface area contributed by atoms with Gasteiger partial charge < -0.3 is 15.5 Å². The van der Waals surface area contributed by atoms with Crippen LogP contribution in [-0.2, 0) is 6.54 Å². The molecule has 1 aromatic carbocycles. The number of hydrogen-bond donors (Lipinski definition) is 2. The predicted octanol–water partition coefficient (Wildman–Crippen LogP) is 4.12. The smallest absolute Gasteiger partial charge is 0.319 e. The summed E-state index contributed by atoms with van der Waals surface area (Å²) < 4.78 is 0. The molecule has 2 N–H and O–H groups in total. The van der Waals surface area contributed by atoms with E-state index >= 15 is 0 Å². The molecule has 2 aromatic rings. The van der Waals surface area contributed by atoms with Crippen LogP contribution in [0.4, 0.5) is 16.3 Å². The first kappa shape index (κ1) is 17.6. The Kier molecular flexibility index (Phi) is 6.17. The number of aromatic nitrogens is 1. The number of nitrogens with one attached hydrogen (secondary N) is 2. The van der Waals surface area contributed by atoms with E-state index < -0.39 is 0 Å². The lowest BCUT2D eigenvalue weighted by Crippen LogP contribution is -2.31. The van der Waals surface area contributed by atoms with Crippen LogP contribution in [0.1, 0.15) is 24.8 Å². The normalized spacial score (nSPS) is 14.2. The van der Waals surface area contributed by atoms with E-state index in [0.717, 1.165) is 35.1 Å². The second kappa shape index (κ2) is 8.76. The van der Waals surface area contributed by atoms with Gasteiger partial charge in [0.05, 0.1) is 5.69 Å². The van der Waals surface area contributed by atoms with E-state index in [0.29, 0.717) is 6.54 Å². The zero-order valence-electron chi connectivity index (χ0n) is 14.5. The van der Waals surface area contributed by atoms with Gasteiger partial charge in [-0.15, -0.1) is 11.8 Å². The van der Waals surface area contributed by atoms with E-state index in [1.54, 1.807) is 11.8 Å². The lowest BCUT2D eigenvalue weighted by molar-refractivity contribution is 0.251. The van der Waals surface area contributed by atoms with Crippen LogP contribution in [0, 0.1) is 0 Å². The molecule has 0 bridgehead atoms. The van der Waals surface area contributed by atoms with E-state index in [-0.39, 0.29) is 6.03 Å². The van der Waals surface area contributed by atoms with Gasteiger partial charge >= 0.3 is 6.03 Å². The van der Waals surface area contributed by atoms with Crippen molar-refractivity contribution in [2.75, 3.05) is 29.6 Å². The van der Waals surface area contributed by atoms with Crippen molar-refractivity contribution >= 4 is 29.3 Å². The number of carbonyl (C=O) groups is 1. The molecule has 0 saturated carbocycles. The van der Waals surface area contributed by atoms with Crippen molar-refractivity contribution in [3.63, 3.8) is 0 Å². The molecule has 0 spiro atoms. The minimum Gasteiger partial charge on any atom is -0.357 e. The highest BCUT2D eigenvalue weighted by Gasteiger charge is 2.12. The maximum atomic E-state index is 12.2. The first-order valence-corrected chi connectivity index (χ1v) is 9.86. The van der Waals surface area contributed by atoms with Gasteiger partial charge in [-0.1, -0.05) is 12.1 Å². The summed E-state index contributed by atoms with van der Waals surface area (Å²) in [6, 6.07) is 11.6. The summed E-state index contributed by atoms with van der Waals surface area (Å²) in [5, 5.41) is 5.84. The maximum absolute atomic E-state index is 12.2. The predicted molar refractivity (Wildman–Crippen MR) is 104 cm³/mol. The Morgan fingerprint density at radius 1 is 1.20 bits per heavy atom. The van der Waals surface area contributed by atoms with Gasteiger partial charge in [0.2, 0.25) is 0 Å². The largest absolute Gasteiger partial charge is 0.357 e. The monoisotopic (exact) mass is 356 g/mol. The summed E-state index contributed by atoms with van der Waals surface area (Å²) in [6.45, 7) is 2.61. The molecular formula is C19H24N4OS. The average Bonchev–Trinajstić information content (AvgIpc) is 2.68. The number of piperidine rings is 1. The van der Waals surface area contributed by atoms with E-state index in [9.17, 15) is 4.79 Å². The first-order valence-electron chi connectivity index (χ1n) is 8.64. The third-order valence-corrected chi connectivity index (χ3v) is 5.09. The van der Waals surface area contributed by atoms with Crippen molar-refractivity contribution in [3.05, 3.63) is 48.2 Å². The van der Waals surface area contributed by atoms with E-state index in [2.05, 4.69) is 26.6 Å². The molecule has 0 radical (unpaired) electrons. The van der Waals surface area contributed by atoms with Gasteiger partial charge in [0.15, 0.2) is 0 Å². The highest BCUT2D eigenvalue weighted by atomic mass is 32.2. The summed E-state index contributed by atoms with van der Waals surface area (Å²) in [5.74, 6) is 1.01. The Labute approximate surface area is 153 Å². The van der Waals surface area contributed by atoms with Gasteiger partial charge in [-0.2, -0.15) is 0 Å². The van der Waals surface area contributed by atoms with Gasteiger partial charge in [-0.05, 0) is 55.3 Å². The number of hydrogen-bond acceptors (Lipinski definition) is 4. The van der Waals surface area contributed by atoms with Crippen molar-refractivity contribution in [3.8, 4) is 0 Å². The topological polar surface area (TPSA) is 57.3 Å². The molecule has 132 valence electrons. The molecule has 25 heavy (non-hydrogen) atoms. The Morgan fingerprint density at radius 2 is 2.00 bits per heavy atom. The number of benzene rings is 1. The van der Waals surface area contributed by atoms with Gasteiger partial charge in [-0.25, -0.2) is 9.78 Å². The number of amides is 2. The van der Waals surface area contributed by atoms with Gasteiger partial charge in [0.1, 0.15) is 5.82 Å². The standard InChI is InChI=1S/C19H24N4OS/c1-25-17-8-4-3-7-16(17)22-19(24)21-14-15-9-10-20-18(13-15)23-11-5-2-6-12-23/h3-4,7-10,13H,2,5-6,11-12,14H2,1H3,(H2,21,22,24). The van der Waals surface area contributed by atoms with Crippen molar-refractivity contribution in [2.24, 2.45) is 0 Å². The highest BCUT2D eigenvalue weighted by Crippen LogP contribution is 2.24. The van der Waals surface area contributed by atoms with Crippen LogP contribution < -0.4 is 15.5 Å². The quantitative estimate of drug-likeness (QED) is 0.792. The molecule has 1 saturated heterocycles. The molecule has 1 fully saturated rings. The van der Waals surface area contributed by atoms with Crippen LogP contribution in [0.15, 0.2) is 47.5 Å². The van der Waals surface area contributed by atoms with Crippen molar-refractivity contribution in [1.82, 2.24) is 10.3 Å². The van der Waals surface area contributed by atoms with Crippen LogP contribution in [0.3, 0.4) is 0 Å². The molecule has 2 heterocycles. The fourth-order valence-electron chi connectivity index (χ4n) is 2.96. The van der Waals surface area contributed by atoms with Gasteiger partial charge in [-0.3, -0.25) is 0 Å². The summed E-state index contributed by atoms with van der Waals surface area (Å²) in [5.41, 5.74) is 1.89. The average molecular weight is 356 g/mol. The first-order chi connectivity index (χ1) is 12.3. The second-order valence-electron chi connectivity index (χ2n) is 6.08. The molecular weight excluding hydrogens is 332 g/mol. The zero-order chi connectivity index (χ0) is 17.5. The fraction of sp³-hybridized carbons (Fsp3) is 0.368. The molecule has 2 amide bonds. The van der Waals surface area contributed by atoms with Crippen molar-refractivity contribution in [2.45, 2.75) is 30.7 Å². The molecule has 0 atom stereocenters. The molecule has 0 unspecified atom stereocenters. The molecule has 1 aliphatic rings. The van der Waals surface area contributed by atoms with E-state index in [1.807, 2.05) is 42.8 Å². The number of urea groups is 1. The van der Waals surface area contributed by atoms with Gasteiger partial charge in [0, 0.05) is 30.7 Å². The molecule has 0 aliphatic carbocycles. The summed E-state index contributed by atoms with van der Waals surface area (Å²) in [4.78, 5) is 20.0. The number of para-hydroxylation sites is 1. The van der Waals surface area contributed by atoms with Crippen molar-refractivity contribution < 1.29 is 4.79 Å². The van der Waals surface area contributed by atoms with Crippen LogP contribution >= 0.6 is 11.8 Å². The molecule has 1 aromatic heterocycles. The second-order valence-corrected chi connectivity index (χ2v) is 6.93. The molecule has 3 rings (SSSR count). The Morgan fingerprint density at radius 3 is 2.80 bits per heavy atom. The van der Waals surface area contributed by atoms with Gasteiger partial charge in [0.25, 0.3) is 0 Å². The number of carbonyl (C=O) groups excluding carboxylic acids is 1. The molecule has 5 nitrogen and oxygen atoms in total. The SMILES string of the molecule is CSc1ccccc1NC(=O)NCc1ccnc(N2CCCCC2)c1.